The molecule has 0 radical (unpaired) electrons. The van der Waals surface area contributed by atoms with E-state index in [0.29, 0.717) is 23.4 Å². The molecular weight excluding hydrogens is 288 g/mol. The van der Waals surface area contributed by atoms with Gasteiger partial charge in [0, 0.05) is 23.5 Å². The molecule has 4 heteroatoms. The smallest absolute Gasteiger partial charge is 0.159 e. The quantitative estimate of drug-likeness (QED) is 0.689. The van der Waals surface area contributed by atoms with E-state index in [2.05, 4.69) is 16.9 Å². The zero-order chi connectivity index (χ0) is 16.7. The number of aromatic hydroxyl groups is 2. The summed E-state index contributed by atoms with van der Waals surface area (Å²) in [4.78, 5) is 8.46. The number of aryl methyl sites for hydroxylation is 1. The molecule has 0 atom stereocenters. The molecule has 0 unspecified atom stereocenters. The van der Waals surface area contributed by atoms with E-state index < -0.39 is 0 Å². The summed E-state index contributed by atoms with van der Waals surface area (Å²) in [6, 6.07) is 3.27. The first-order chi connectivity index (χ1) is 11.1. The van der Waals surface area contributed by atoms with Crippen LogP contribution < -0.4 is 0 Å². The van der Waals surface area contributed by atoms with Crippen LogP contribution >= 0.6 is 0 Å². The molecule has 0 spiro atoms. The molecular formula is C19H26N2O2. The molecule has 0 fully saturated rings. The van der Waals surface area contributed by atoms with Crippen molar-refractivity contribution in [2.24, 2.45) is 0 Å². The van der Waals surface area contributed by atoms with Crippen LogP contribution in [0.2, 0.25) is 0 Å². The second kappa shape index (κ2) is 8.51. The van der Waals surface area contributed by atoms with Crippen molar-refractivity contribution in [3.8, 4) is 22.9 Å². The SMILES string of the molecule is CCCCCCCCc1c(O)cc(-c2ncc(C)cn2)cc1O. The van der Waals surface area contributed by atoms with Gasteiger partial charge in [0.25, 0.3) is 0 Å². The molecule has 2 aromatic rings. The standard InChI is InChI=1S/C19H26N2O2/c1-3-4-5-6-7-8-9-16-17(22)10-15(11-18(16)23)19-20-12-14(2)13-21-19/h10-13,22-23H,3-9H2,1-2H3. The van der Waals surface area contributed by atoms with Crippen molar-refractivity contribution in [1.82, 2.24) is 9.97 Å². The minimum atomic E-state index is 0.123. The van der Waals surface area contributed by atoms with Gasteiger partial charge in [-0.3, -0.25) is 0 Å². The molecule has 2 N–H and O–H groups in total. The molecule has 23 heavy (non-hydrogen) atoms. The third-order valence-corrected chi connectivity index (χ3v) is 4.02. The van der Waals surface area contributed by atoms with Crippen molar-refractivity contribution in [3.05, 3.63) is 35.7 Å². The largest absolute Gasteiger partial charge is 0.508 e. The summed E-state index contributed by atoms with van der Waals surface area (Å²) in [5, 5.41) is 20.4. The molecule has 2 rings (SSSR count). The highest BCUT2D eigenvalue weighted by atomic mass is 16.3. The molecule has 0 saturated carbocycles. The topological polar surface area (TPSA) is 66.2 Å². The molecule has 0 amide bonds. The van der Waals surface area contributed by atoms with Crippen molar-refractivity contribution in [3.63, 3.8) is 0 Å². The second-order valence-corrected chi connectivity index (χ2v) is 6.09. The Kier molecular flexibility index (Phi) is 6.39. The molecule has 1 aromatic heterocycles. The number of hydrogen-bond acceptors (Lipinski definition) is 4. The summed E-state index contributed by atoms with van der Waals surface area (Å²) in [5.41, 5.74) is 2.23. The van der Waals surface area contributed by atoms with E-state index in [1.807, 2.05) is 6.92 Å². The van der Waals surface area contributed by atoms with E-state index in [9.17, 15) is 10.2 Å². The van der Waals surface area contributed by atoms with Crippen LogP contribution in [0.1, 0.15) is 56.6 Å². The highest BCUT2D eigenvalue weighted by Gasteiger charge is 2.12. The number of unbranched alkanes of at least 4 members (excludes halogenated alkanes) is 5. The Morgan fingerprint density at radius 2 is 1.43 bits per heavy atom. The zero-order valence-electron chi connectivity index (χ0n) is 14.0. The van der Waals surface area contributed by atoms with Gasteiger partial charge in [-0.2, -0.15) is 0 Å². The minimum absolute atomic E-state index is 0.123. The Morgan fingerprint density at radius 1 is 0.870 bits per heavy atom. The maximum atomic E-state index is 10.2. The average Bonchev–Trinajstić information content (AvgIpc) is 2.53. The number of aromatic nitrogens is 2. The van der Waals surface area contributed by atoms with Crippen molar-refractivity contribution in [2.75, 3.05) is 0 Å². The molecule has 0 bridgehead atoms. The van der Waals surface area contributed by atoms with Gasteiger partial charge in [-0.15, -0.1) is 0 Å². The predicted molar refractivity (Wildman–Crippen MR) is 92.6 cm³/mol. The summed E-state index contributed by atoms with van der Waals surface area (Å²) in [7, 11) is 0. The highest BCUT2D eigenvalue weighted by Crippen LogP contribution is 2.33. The molecule has 0 saturated heterocycles. The van der Waals surface area contributed by atoms with Gasteiger partial charge >= 0.3 is 0 Å². The predicted octanol–water partition coefficient (Wildman–Crippen LogP) is 4.77. The maximum absolute atomic E-state index is 10.2. The number of rotatable bonds is 8. The van der Waals surface area contributed by atoms with Gasteiger partial charge in [-0.05, 0) is 37.5 Å². The van der Waals surface area contributed by atoms with Gasteiger partial charge in [0.1, 0.15) is 11.5 Å². The van der Waals surface area contributed by atoms with Crippen LogP contribution in [-0.4, -0.2) is 20.2 Å². The van der Waals surface area contributed by atoms with E-state index in [0.717, 1.165) is 18.4 Å². The van der Waals surface area contributed by atoms with E-state index in [1.165, 1.54) is 25.7 Å². The first kappa shape index (κ1) is 17.3. The highest BCUT2D eigenvalue weighted by molar-refractivity contribution is 5.63. The van der Waals surface area contributed by atoms with Gasteiger partial charge in [-0.25, -0.2) is 9.97 Å². The van der Waals surface area contributed by atoms with E-state index in [4.69, 9.17) is 0 Å². The molecule has 0 aliphatic heterocycles. The number of phenols is 2. The van der Waals surface area contributed by atoms with Crippen LogP contribution in [0.4, 0.5) is 0 Å². The van der Waals surface area contributed by atoms with Crippen LogP contribution in [0.5, 0.6) is 11.5 Å². The van der Waals surface area contributed by atoms with Gasteiger partial charge in [0.15, 0.2) is 5.82 Å². The average molecular weight is 314 g/mol. The van der Waals surface area contributed by atoms with Crippen molar-refractivity contribution < 1.29 is 10.2 Å². The molecule has 124 valence electrons. The number of hydrogen-bond donors (Lipinski definition) is 2. The van der Waals surface area contributed by atoms with E-state index >= 15 is 0 Å². The first-order valence-corrected chi connectivity index (χ1v) is 8.45. The lowest BCUT2D eigenvalue weighted by Crippen LogP contribution is -1.93. The van der Waals surface area contributed by atoms with Crippen LogP contribution in [0.3, 0.4) is 0 Å². The van der Waals surface area contributed by atoms with E-state index in [1.54, 1.807) is 24.5 Å². The van der Waals surface area contributed by atoms with Crippen LogP contribution in [-0.2, 0) is 6.42 Å². The lowest BCUT2D eigenvalue weighted by molar-refractivity contribution is 0.436. The Bertz CT molecular complexity index is 601. The fraction of sp³-hybridized carbons (Fsp3) is 0.474. The molecule has 1 aromatic carbocycles. The van der Waals surface area contributed by atoms with Gasteiger partial charge < -0.3 is 10.2 Å². The Balaban J connectivity index is 2.01. The summed E-state index contributed by atoms with van der Waals surface area (Å²) in [5.74, 6) is 0.753. The lowest BCUT2D eigenvalue weighted by atomic mass is 10.0. The van der Waals surface area contributed by atoms with Crippen molar-refractivity contribution >= 4 is 0 Å². The Labute approximate surface area is 138 Å². The van der Waals surface area contributed by atoms with Crippen LogP contribution in [0.15, 0.2) is 24.5 Å². The maximum Gasteiger partial charge on any atom is 0.159 e. The third kappa shape index (κ3) is 4.95. The summed E-state index contributed by atoms with van der Waals surface area (Å²) in [6.45, 7) is 4.12. The lowest BCUT2D eigenvalue weighted by Gasteiger charge is -2.10. The van der Waals surface area contributed by atoms with Gasteiger partial charge in [0.2, 0.25) is 0 Å². The van der Waals surface area contributed by atoms with Gasteiger partial charge in [-0.1, -0.05) is 39.0 Å². The second-order valence-electron chi connectivity index (χ2n) is 6.09. The van der Waals surface area contributed by atoms with Crippen LogP contribution in [0, 0.1) is 6.92 Å². The molecule has 1 heterocycles. The third-order valence-electron chi connectivity index (χ3n) is 4.02. The first-order valence-electron chi connectivity index (χ1n) is 8.45. The zero-order valence-corrected chi connectivity index (χ0v) is 14.0. The summed E-state index contributed by atoms with van der Waals surface area (Å²) < 4.78 is 0. The van der Waals surface area contributed by atoms with Crippen LogP contribution in [0.25, 0.3) is 11.4 Å². The Hall–Kier alpha value is -2.10. The number of benzene rings is 1. The number of phenolic OH excluding ortho intramolecular Hbond substituents is 2. The normalized spacial score (nSPS) is 10.9. The summed E-state index contributed by atoms with van der Waals surface area (Å²) >= 11 is 0. The molecule has 0 aliphatic rings. The Morgan fingerprint density at radius 3 is 2.04 bits per heavy atom. The van der Waals surface area contributed by atoms with Gasteiger partial charge in [0.05, 0.1) is 0 Å². The van der Waals surface area contributed by atoms with E-state index in [-0.39, 0.29) is 11.5 Å². The fourth-order valence-electron chi connectivity index (χ4n) is 2.65. The molecule has 0 aliphatic carbocycles. The minimum Gasteiger partial charge on any atom is -0.508 e. The monoisotopic (exact) mass is 314 g/mol. The fourth-order valence-corrected chi connectivity index (χ4v) is 2.65. The molecule has 4 nitrogen and oxygen atoms in total. The van der Waals surface area contributed by atoms with Crippen molar-refractivity contribution in [2.45, 2.75) is 58.8 Å². The van der Waals surface area contributed by atoms with Crippen molar-refractivity contribution in [1.29, 1.82) is 0 Å². The number of nitrogens with zero attached hydrogens (tertiary/aromatic N) is 2. The summed E-state index contributed by atoms with van der Waals surface area (Å²) in [6.07, 6.45) is 11.2.